The molecule has 1 aromatic heterocycles. The van der Waals surface area contributed by atoms with Crippen LogP contribution in [-0.2, 0) is 20.7 Å². The highest BCUT2D eigenvalue weighted by molar-refractivity contribution is 5.93. The molecule has 0 atom stereocenters. The van der Waals surface area contributed by atoms with E-state index in [2.05, 4.69) is 22.3 Å². The number of rotatable bonds is 11. The van der Waals surface area contributed by atoms with Gasteiger partial charge in [0.15, 0.2) is 0 Å². The quantitative estimate of drug-likeness (QED) is 0.251. The van der Waals surface area contributed by atoms with E-state index in [4.69, 9.17) is 9.26 Å². The number of carbonyl (C=O) groups excluding carboxylic acids is 3. The summed E-state index contributed by atoms with van der Waals surface area (Å²) in [6.07, 6.45) is 6.09. The van der Waals surface area contributed by atoms with Crippen molar-refractivity contribution in [3.63, 3.8) is 0 Å². The van der Waals surface area contributed by atoms with Crippen molar-refractivity contribution in [2.24, 2.45) is 5.92 Å². The van der Waals surface area contributed by atoms with Crippen LogP contribution in [0.3, 0.4) is 0 Å². The molecule has 0 aliphatic heterocycles. The number of hydrogen-bond donors (Lipinski definition) is 0. The molecule has 188 valence electrons. The summed E-state index contributed by atoms with van der Waals surface area (Å²) in [5.41, 5.74) is 3.04. The third-order valence-corrected chi connectivity index (χ3v) is 6.94. The van der Waals surface area contributed by atoms with Gasteiger partial charge < -0.3 is 9.26 Å². The predicted molar refractivity (Wildman–Crippen MR) is 134 cm³/mol. The van der Waals surface area contributed by atoms with Crippen molar-refractivity contribution in [1.82, 2.24) is 10.1 Å². The maximum Gasteiger partial charge on any atom is 0.305 e. The molecule has 1 heterocycles. The van der Waals surface area contributed by atoms with Crippen LogP contribution in [0.25, 0.3) is 11.5 Å². The van der Waals surface area contributed by atoms with Crippen molar-refractivity contribution in [3.05, 3.63) is 71.5 Å². The van der Waals surface area contributed by atoms with Gasteiger partial charge in [0.1, 0.15) is 5.78 Å². The topological polar surface area (TPSA) is 99.4 Å². The Balaban J connectivity index is 1.18. The van der Waals surface area contributed by atoms with Crippen molar-refractivity contribution < 1.29 is 23.6 Å². The number of esters is 1. The zero-order valence-electron chi connectivity index (χ0n) is 20.7. The molecule has 36 heavy (non-hydrogen) atoms. The van der Waals surface area contributed by atoms with E-state index in [1.165, 1.54) is 12.7 Å². The summed E-state index contributed by atoms with van der Waals surface area (Å²) in [5, 5.41) is 3.78. The third kappa shape index (κ3) is 6.97. The van der Waals surface area contributed by atoms with Gasteiger partial charge in [-0.15, -0.1) is 0 Å². The van der Waals surface area contributed by atoms with E-state index in [0.29, 0.717) is 43.4 Å². The lowest BCUT2D eigenvalue weighted by atomic mass is 9.77. The molecule has 0 radical (unpaired) electrons. The fourth-order valence-electron chi connectivity index (χ4n) is 4.84. The minimum atomic E-state index is -0.223. The standard InChI is InChI=1S/C29H32N2O5/c1-35-27(34)19-21-12-16-23(17-13-21)22-14-10-20(11-15-22)18-25(32)8-5-9-26(33)28-30-29(36-31-28)24-6-3-2-4-7-24/h2-4,6-7,10-11,14-15,21,23H,5,8-9,12-13,16-19H2,1H3. The Morgan fingerprint density at radius 2 is 1.67 bits per heavy atom. The average molecular weight is 489 g/mol. The molecule has 2 aromatic carbocycles. The van der Waals surface area contributed by atoms with Crippen molar-refractivity contribution >= 4 is 17.5 Å². The van der Waals surface area contributed by atoms with E-state index >= 15 is 0 Å². The Hall–Kier alpha value is -3.61. The fourth-order valence-corrected chi connectivity index (χ4v) is 4.84. The SMILES string of the molecule is COC(=O)CC1CCC(c2ccc(CC(=O)CCCC(=O)c3noc(-c4ccccc4)n3)cc2)CC1. The van der Waals surface area contributed by atoms with Gasteiger partial charge in [-0.05, 0) is 67.2 Å². The Morgan fingerprint density at radius 1 is 0.944 bits per heavy atom. The number of carbonyl (C=O) groups is 3. The van der Waals surface area contributed by atoms with Crippen molar-refractivity contribution in [2.45, 2.75) is 63.7 Å². The summed E-state index contributed by atoms with van der Waals surface area (Å²) in [6.45, 7) is 0. The second kappa shape index (κ2) is 12.4. The molecule has 1 fully saturated rings. The lowest BCUT2D eigenvalue weighted by molar-refractivity contribution is -0.142. The molecule has 4 rings (SSSR count). The third-order valence-electron chi connectivity index (χ3n) is 6.94. The van der Waals surface area contributed by atoms with Gasteiger partial charge >= 0.3 is 5.97 Å². The molecular weight excluding hydrogens is 456 g/mol. The molecule has 0 unspecified atom stereocenters. The van der Waals surface area contributed by atoms with Crippen LogP contribution in [-0.4, -0.2) is 34.8 Å². The van der Waals surface area contributed by atoms with E-state index in [1.54, 1.807) is 0 Å². The number of ether oxygens (including phenoxy) is 1. The van der Waals surface area contributed by atoms with Gasteiger partial charge in [-0.2, -0.15) is 4.98 Å². The van der Waals surface area contributed by atoms with Gasteiger partial charge in [0.25, 0.3) is 5.89 Å². The molecule has 1 aliphatic carbocycles. The number of aromatic nitrogens is 2. The summed E-state index contributed by atoms with van der Waals surface area (Å²) in [6, 6.07) is 17.6. The van der Waals surface area contributed by atoms with Crippen molar-refractivity contribution in [2.75, 3.05) is 7.11 Å². The van der Waals surface area contributed by atoms with Crippen LogP contribution in [0.2, 0.25) is 0 Å². The molecule has 1 saturated carbocycles. The highest BCUT2D eigenvalue weighted by Crippen LogP contribution is 2.37. The Labute approximate surface area is 211 Å². The van der Waals surface area contributed by atoms with Gasteiger partial charge in [-0.1, -0.05) is 47.6 Å². The average Bonchev–Trinajstić information content (AvgIpc) is 3.41. The normalized spacial score (nSPS) is 17.5. The highest BCUT2D eigenvalue weighted by Gasteiger charge is 2.24. The maximum absolute atomic E-state index is 12.5. The molecule has 1 aliphatic rings. The van der Waals surface area contributed by atoms with Crippen molar-refractivity contribution in [1.29, 1.82) is 0 Å². The molecule has 3 aromatic rings. The zero-order valence-corrected chi connectivity index (χ0v) is 20.7. The first-order valence-corrected chi connectivity index (χ1v) is 12.6. The minimum Gasteiger partial charge on any atom is -0.469 e. The van der Waals surface area contributed by atoms with Crippen LogP contribution in [0.5, 0.6) is 0 Å². The van der Waals surface area contributed by atoms with E-state index < -0.39 is 0 Å². The van der Waals surface area contributed by atoms with Crippen LogP contribution in [0.1, 0.15) is 79.0 Å². The number of ketones is 2. The number of hydrogen-bond acceptors (Lipinski definition) is 7. The van der Waals surface area contributed by atoms with Crippen LogP contribution in [0, 0.1) is 5.92 Å². The zero-order chi connectivity index (χ0) is 25.3. The van der Waals surface area contributed by atoms with Crippen LogP contribution in [0.4, 0.5) is 0 Å². The highest BCUT2D eigenvalue weighted by atomic mass is 16.5. The van der Waals surface area contributed by atoms with Gasteiger partial charge in [-0.25, -0.2) is 0 Å². The summed E-state index contributed by atoms with van der Waals surface area (Å²) >= 11 is 0. The maximum atomic E-state index is 12.5. The molecule has 7 nitrogen and oxygen atoms in total. The molecule has 0 spiro atoms. The minimum absolute atomic E-state index is 0.0521. The summed E-state index contributed by atoms with van der Waals surface area (Å²) in [5.74, 6) is 1.05. The monoisotopic (exact) mass is 488 g/mol. The largest absolute Gasteiger partial charge is 0.469 e. The predicted octanol–water partition coefficient (Wildman–Crippen LogP) is 5.74. The van der Waals surface area contributed by atoms with Crippen LogP contribution >= 0.6 is 0 Å². The Bertz CT molecular complexity index is 1160. The van der Waals surface area contributed by atoms with E-state index in [9.17, 15) is 14.4 Å². The second-order valence-electron chi connectivity index (χ2n) is 9.52. The first-order chi connectivity index (χ1) is 17.5. The van der Waals surface area contributed by atoms with E-state index in [-0.39, 0.29) is 29.8 Å². The number of benzene rings is 2. The van der Waals surface area contributed by atoms with Crippen LogP contribution < -0.4 is 0 Å². The fraction of sp³-hybridized carbons (Fsp3) is 0.414. The lowest BCUT2D eigenvalue weighted by Crippen LogP contribution is -2.17. The first-order valence-electron chi connectivity index (χ1n) is 12.6. The van der Waals surface area contributed by atoms with Crippen molar-refractivity contribution in [3.8, 4) is 11.5 Å². The van der Waals surface area contributed by atoms with Crippen LogP contribution in [0.15, 0.2) is 59.1 Å². The number of Topliss-reactive ketones (excluding diaryl/α,β-unsaturated/α-hetero) is 2. The second-order valence-corrected chi connectivity index (χ2v) is 9.52. The van der Waals surface area contributed by atoms with Gasteiger partial charge in [0.05, 0.1) is 7.11 Å². The summed E-state index contributed by atoms with van der Waals surface area (Å²) < 4.78 is 9.98. The molecular formula is C29H32N2O5. The molecule has 0 saturated heterocycles. The Morgan fingerprint density at radius 3 is 2.36 bits per heavy atom. The number of nitrogens with zero attached hydrogens (tertiary/aromatic N) is 2. The van der Waals surface area contributed by atoms with Gasteiger partial charge in [-0.3, -0.25) is 14.4 Å². The summed E-state index contributed by atoms with van der Waals surface area (Å²) in [7, 11) is 1.44. The smallest absolute Gasteiger partial charge is 0.305 e. The van der Waals surface area contributed by atoms with E-state index in [1.807, 2.05) is 42.5 Å². The first kappa shape index (κ1) is 25.5. The number of methoxy groups -OCH3 is 1. The molecule has 7 heteroatoms. The Kier molecular flexibility index (Phi) is 8.76. The molecule has 0 N–H and O–H groups in total. The van der Waals surface area contributed by atoms with Gasteiger partial charge in [0, 0.05) is 31.2 Å². The lowest BCUT2D eigenvalue weighted by Gasteiger charge is -2.28. The summed E-state index contributed by atoms with van der Waals surface area (Å²) in [4.78, 5) is 40.5. The van der Waals surface area contributed by atoms with E-state index in [0.717, 1.165) is 36.8 Å². The molecule has 0 bridgehead atoms. The molecule has 0 amide bonds. The van der Waals surface area contributed by atoms with Gasteiger partial charge in [0.2, 0.25) is 11.6 Å².